The summed E-state index contributed by atoms with van der Waals surface area (Å²) in [6, 6.07) is 22.3. The number of esters is 1. The van der Waals surface area contributed by atoms with Gasteiger partial charge in [-0.1, -0.05) is 42.0 Å². The third kappa shape index (κ3) is 3.99. The van der Waals surface area contributed by atoms with E-state index in [1.54, 1.807) is 12.1 Å². The Morgan fingerprint density at radius 3 is 2.03 bits per heavy atom. The number of carbonyl (C=O) groups excluding carboxylic acids is 1. The van der Waals surface area contributed by atoms with Crippen LogP contribution in [0.15, 0.2) is 77.6 Å². The van der Waals surface area contributed by atoms with Crippen LogP contribution in [-0.2, 0) is 16.1 Å². The summed E-state index contributed by atoms with van der Waals surface area (Å²) >= 11 is 0. The highest BCUT2D eigenvalue weighted by atomic mass is 16.6. The van der Waals surface area contributed by atoms with Gasteiger partial charge in [-0.15, -0.1) is 0 Å². The lowest BCUT2D eigenvalue weighted by Gasteiger charge is -2.14. The number of nitrogens with zero attached hydrogens (tertiary/aromatic N) is 1. The van der Waals surface area contributed by atoms with Crippen LogP contribution in [0.5, 0.6) is 5.75 Å². The van der Waals surface area contributed by atoms with Crippen LogP contribution in [0.2, 0.25) is 0 Å². The van der Waals surface area contributed by atoms with E-state index in [9.17, 15) is 9.59 Å². The molecule has 0 amide bonds. The van der Waals surface area contributed by atoms with E-state index in [2.05, 4.69) is 0 Å². The van der Waals surface area contributed by atoms with Crippen molar-refractivity contribution in [1.29, 1.82) is 0 Å². The first-order valence-electron chi connectivity index (χ1n) is 9.49. The van der Waals surface area contributed by atoms with Crippen molar-refractivity contribution < 1.29 is 14.3 Å². The molecule has 0 N–H and O–H groups in total. The molecule has 0 aliphatic carbocycles. The van der Waals surface area contributed by atoms with Crippen LogP contribution in [0.4, 0.5) is 0 Å². The van der Waals surface area contributed by atoms with Gasteiger partial charge in [0.1, 0.15) is 25.5 Å². The van der Waals surface area contributed by atoms with E-state index in [0.29, 0.717) is 21.8 Å². The number of ether oxygens (including phenoxy) is 2. The normalized spacial score (nSPS) is 10.9. The van der Waals surface area contributed by atoms with Crippen molar-refractivity contribution in [1.82, 2.24) is 4.57 Å². The Bertz CT molecular complexity index is 1170. The topological polar surface area (TPSA) is 57.5 Å². The zero-order valence-corrected chi connectivity index (χ0v) is 16.1. The van der Waals surface area contributed by atoms with Gasteiger partial charge in [-0.05, 0) is 43.3 Å². The maximum absolute atomic E-state index is 12.7. The van der Waals surface area contributed by atoms with Crippen LogP contribution < -0.4 is 10.2 Å². The summed E-state index contributed by atoms with van der Waals surface area (Å²) in [5.41, 5.74) is 2.55. The Labute approximate surface area is 168 Å². The Morgan fingerprint density at radius 2 is 1.41 bits per heavy atom. The van der Waals surface area contributed by atoms with Gasteiger partial charge in [0.15, 0.2) is 5.43 Å². The van der Waals surface area contributed by atoms with Gasteiger partial charge in [0, 0.05) is 10.8 Å². The smallest absolute Gasteiger partial charge is 0.326 e. The van der Waals surface area contributed by atoms with Crippen LogP contribution in [0, 0.1) is 6.92 Å². The Hall–Kier alpha value is -3.60. The van der Waals surface area contributed by atoms with E-state index in [4.69, 9.17) is 9.47 Å². The van der Waals surface area contributed by atoms with Crippen molar-refractivity contribution in [2.45, 2.75) is 13.5 Å². The number of carbonyl (C=O) groups is 1. The number of pyridine rings is 1. The zero-order valence-electron chi connectivity index (χ0n) is 16.1. The minimum absolute atomic E-state index is 0.0197. The molecule has 4 aromatic rings. The SMILES string of the molecule is Cc1ccc(OCCOC(=O)Cn2c3ccccc3c(=O)c3ccccc32)cc1. The van der Waals surface area contributed by atoms with Crippen LogP contribution in [-0.4, -0.2) is 23.8 Å². The van der Waals surface area contributed by atoms with E-state index in [1.165, 1.54) is 0 Å². The minimum atomic E-state index is -0.378. The summed E-state index contributed by atoms with van der Waals surface area (Å²) in [5.74, 6) is 0.362. The second kappa shape index (κ2) is 8.19. The molecule has 0 aliphatic heterocycles. The molecular weight excluding hydrogens is 366 g/mol. The Morgan fingerprint density at radius 1 is 0.828 bits per heavy atom. The van der Waals surface area contributed by atoms with Gasteiger partial charge in [0.05, 0.1) is 11.0 Å². The largest absolute Gasteiger partial charge is 0.490 e. The van der Waals surface area contributed by atoms with Gasteiger partial charge in [-0.2, -0.15) is 0 Å². The van der Waals surface area contributed by atoms with Gasteiger partial charge >= 0.3 is 5.97 Å². The molecule has 3 aromatic carbocycles. The number of fused-ring (bicyclic) bond motifs is 2. The third-order valence-corrected chi connectivity index (χ3v) is 4.80. The Balaban J connectivity index is 1.49. The number of hydrogen-bond acceptors (Lipinski definition) is 4. The molecule has 1 aromatic heterocycles. The molecule has 0 saturated carbocycles. The molecule has 1 heterocycles. The summed E-state index contributed by atoms with van der Waals surface area (Å²) in [4.78, 5) is 25.2. The fourth-order valence-corrected chi connectivity index (χ4v) is 3.37. The molecule has 0 bridgehead atoms. The van der Waals surface area contributed by atoms with Crippen molar-refractivity contribution in [3.8, 4) is 5.75 Å². The van der Waals surface area contributed by atoms with Gasteiger partial charge in [0.2, 0.25) is 0 Å². The Kier molecular flexibility index (Phi) is 5.29. The lowest BCUT2D eigenvalue weighted by atomic mass is 10.1. The summed E-state index contributed by atoms with van der Waals surface area (Å²) in [6.07, 6.45) is 0. The van der Waals surface area contributed by atoms with Crippen LogP contribution in [0.3, 0.4) is 0 Å². The van der Waals surface area contributed by atoms with Crippen molar-refractivity contribution >= 4 is 27.8 Å². The van der Waals surface area contributed by atoms with Crippen molar-refractivity contribution in [3.05, 3.63) is 88.6 Å². The molecule has 29 heavy (non-hydrogen) atoms. The molecule has 0 unspecified atom stereocenters. The average molecular weight is 387 g/mol. The molecule has 0 aliphatic rings. The van der Waals surface area contributed by atoms with Gasteiger partial charge in [-0.3, -0.25) is 9.59 Å². The molecule has 0 fully saturated rings. The minimum Gasteiger partial charge on any atom is -0.490 e. The zero-order chi connectivity index (χ0) is 20.2. The number of rotatable bonds is 6. The maximum atomic E-state index is 12.7. The quantitative estimate of drug-likeness (QED) is 0.284. The fraction of sp³-hybridized carbons (Fsp3) is 0.167. The number of aromatic nitrogens is 1. The summed E-state index contributed by atoms with van der Waals surface area (Å²) in [5, 5.41) is 1.17. The van der Waals surface area contributed by atoms with Gasteiger partial charge in [-0.25, -0.2) is 0 Å². The molecule has 0 atom stereocenters. The highest BCUT2D eigenvalue weighted by molar-refractivity contribution is 5.94. The molecule has 4 rings (SSSR count). The van der Waals surface area contributed by atoms with Crippen molar-refractivity contribution in [2.75, 3.05) is 13.2 Å². The van der Waals surface area contributed by atoms with Crippen molar-refractivity contribution in [3.63, 3.8) is 0 Å². The number of hydrogen-bond donors (Lipinski definition) is 0. The highest BCUT2D eigenvalue weighted by Gasteiger charge is 2.13. The highest BCUT2D eigenvalue weighted by Crippen LogP contribution is 2.19. The molecule has 146 valence electrons. The predicted molar refractivity (Wildman–Crippen MR) is 113 cm³/mol. The standard InChI is InChI=1S/C24H21NO4/c1-17-10-12-18(13-11-17)28-14-15-29-23(26)16-25-21-8-4-2-6-19(21)24(27)20-7-3-5-9-22(20)25/h2-13H,14-16H2,1H3. The molecule has 5 nitrogen and oxygen atoms in total. The van der Waals surface area contributed by atoms with Gasteiger partial charge < -0.3 is 14.0 Å². The van der Waals surface area contributed by atoms with E-state index < -0.39 is 0 Å². The second-order valence-electron chi connectivity index (χ2n) is 6.83. The van der Waals surface area contributed by atoms with E-state index >= 15 is 0 Å². The van der Waals surface area contributed by atoms with Gasteiger partial charge in [0.25, 0.3) is 0 Å². The predicted octanol–water partition coefficient (Wildman–Crippen LogP) is 4.09. The lowest BCUT2D eigenvalue weighted by Crippen LogP contribution is -2.20. The first-order valence-corrected chi connectivity index (χ1v) is 9.49. The number of para-hydroxylation sites is 2. The maximum Gasteiger partial charge on any atom is 0.326 e. The molecule has 0 spiro atoms. The monoisotopic (exact) mass is 387 g/mol. The molecule has 0 saturated heterocycles. The van der Waals surface area contributed by atoms with Crippen LogP contribution >= 0.6 is 0 Å². The lowest BCUT2D eigenvalue weighted by molar-refractivity contribution is -0.144. The summed E-state index contributed by atoms with van der Waals surface area (Å²) < 4.78 is 12.8. The first-order chi connectivity index (χ1) is 14.1. The van der Waals surface area contributed by atoms with Crippen LogP contribution in [0.1, 0.15) is 5.56 Å². The molecule has 5 heteroatoms. The van der Waals surface area contributed by atoms with Crippen molar-refractivity contribution in [2.24, 2.45) is 0 Å². The summed E-state index contributed by atoms with van der Waals surface area (Å²) in [6.45, 7) is 2.46. The third-order valence-electron chi connectivity index (χ3n) is 4.80. The molecular formula is C24H21NO4. The van der Waals surface area contributed by atoms with E-state index in [0.717, 1.165) is 11.3 Å². The van der Waals surface area contributed by atoms with E-state index in [-0.39, 0.29) is 31.2 Å². The first kappa shape index (κ1) is 18.7. The second-order valence-corrected chi connectivity index (χ2v) is 6.83. The fourth-order valence-electron chi connectivity index (χ4n) is 3.37. The number of aryl methyl sites for hydroxylation is 1. The molecule has 0 radical (unpaired) electrons. The average Bonchev–Trinajstić information content (AvgIpc) is 2.75. The van der Waals surface area contributed by atoms with Crippen LogP contribution in [0.25, 0.3) is 21.8 Å². The summed E-state index contributed by atoms with van der Waals surface area (Å²) in [7, 11) is 0. The van der Waals surface area contributed by atoms with E-state index in [1.807, 2.05) is 72.2 Å². The number of benzene rings is 3.